The van der Waals surface area contributed by atoms with Crippen molar-refractivity contribution in [2.75, 3.05) is 12.1 Å². The number of carbonyl (C=O) groups is 1. The SMILES string of the molecule is CC(O)Cn1ccc2c(NC(=O)C(Cc3ccccc3)C3=COCO3)cccc2c1=O. The van der Waals surface area contributed by atoms with Gasteiger partial charge in [-0.25, -0.2) is 0 Å². The Morgan fingerprint density at radius 1 is 1.13 bits per heavy atom. The summed E-state index contributed by atoms with van der Waals surface area (Å²) in [5.41, 5.74) is 1.32. The number of aliphatic hydroxyl groups excluding tert-OH is 1. The van der Waals surface area contributed by atoms with Crippen molar-refractivity contribution >= 4 is 22.4 Å². The van der Waals surface area contributed by atoms with Crippen molar-refractivity contribution in [2.45, 2.75) is 26.0 Å². The average molecular weight is 420 g/mol. The predicted molar refractivity (Wildman–Crippen MR) is 117 cm³/mol. The molecule has 31 heavy (non-hydrogen) atoms. The molecule has 3 aromatic rings. The summed E-state index contributed by atoms with van der Waals surface area (Å²) in [5.74, 6) is -0.349. The number of rotatable bonds is 7. The number of hydrogen-bond acceptors (Lipinski definition) is 5. The van der Waals surface area contributed by atoms with Crippen molar-refractivity contribution in [3.8, 4) is 0 Å². The molecular weight excluding hydrogens is 396 g/mol. The molecule has 4 rings (SSSR count). The summed E-state index contributed by atoms with van der Waals surface area (Å²) in [6.07, 6.45) is 2.92. The maximum atomic E-state index is 13.2. The number of pyridine rings is 1. The molecule has 2 N–H and O–H groups in total. The van der Waals surface area contributed by atoms with E-state index in [0.717, 1.165) is 5.56 Å². The van der Waals surface area contributed by atoms with E-state index >= 15 is 0 Å². The Balaban J connectivity index is 1.64. The first kappa shape index (κ1) is 20.7. The molecule has 0 aliphatic carbocycles. The van der Waals surface area contributed by atoms with Crippen molar-refractivity contribution in [1.82, 2.24) is 4.57 Å². The molecule has 7 heteroatoms. The Bertz CT molecular complexity index is 1170. The van der Waals surface area contributed by atoms with Gasteiger partial charge in [-0.3, -0.25) is 9.59 Å². The molecule has 2 unspecified atom stereocenters. The third kappa shape index (κ3) is 4.62. The van der Waals surface area contributed by atoms with Crippen LogP contribution in [-0.2, 0) is 27.2 Å². The number of aromatic nitrogens is 1. The standard InChI is InChI=1S/C24H24N2O5/c1-16(27)13-26-11-10-18-19(24(26)29)8-5-9-21(18)25-23(28)20(22-14-30-15-31-22)12-17-6-3-2-4-7-17/h2-11,14,16,20,27H,12-13,15H2,1H3,(H,25,28). The number of benzene rings is 2. The zero-order valence-electron chi connectivity index (χ0n) is 17.2. The Hall–Kier alpha value is -3.58. The van der Waals surface area contributed by atoms with E-state index < -0.39 is 12.0 Å². The lowest BCUT2D eigenvalue weighted by Gasteiger charge is -2.18. The van der Waals surface area contributed by atoms with Crippen LogP contribution in [0.2, 0.25) is 0 Å². The van der Waals surface area contributed by atoms with E-state index in [2.05, 4.69) is 5.32 Å². The summed E-state index contributed by atoms with van der Waals surface area (Å²) < 4.78 is 12.1. The van der Waals surface area contributed by atoms with E-state index in [0.29, 0.717) is 28.6 Å². The van der Waals surface area contributed by atoms with Crippen LogP contribution in [0.5, 0.6) is 0 Å². The second kappa shape index (κ2) is 9.06. The Morgan fingerprint density at radius 3 is 2.65 bits per heavy atom. The van der Waals surface area contributed by atoms with Crippen LogP contribution in [0.1, 0.15) is 12.5 Å². The topological polar surface area (TPSA) is 89.8 Å². The van der Waals surface area contributed by atoms with E-state index in [9.17, 15) is 14.7 Å². The van der Waals surface area contributed by atoms with Crippen LogP contribution < -0.4 is 10.9 Å². The van der Waals surface area contributed by atoms with E-state index in [1.54, 1.807) is 37.4 Å². The molecule has 0 spiro atoms. The maximum absolute atomic E-state index is 13.2. The largest absolute Gasteiger partial charge is 0.462 e. The van der Waals surface area contributed by atoms with Crippen molar-refractivity contribution in [2.24, 2.45) is 5.92 Å². The van der Waals surface area contributed by atoms with Crippen LogP contribution in [0.25, 0.3) is 10.8 Å². The molecule has 2 aromatic carbocycles. The van der Waals surface area contributed by atoms with Crippen molar-refractivity contribution in [3.05, 3.63) is 88.7 Å². The van der Waals surface area contributed by atoms with Crippen LogP contribution in [0.4, 0.5) is 5.69 Å². The molecule has 0 saturated carbocycles. The third-order valence-electron chi connectivity index (χ3n) is 5.17. The van der Waals surface area contributed by atoms with Crippen molar-refractivity contribution in [1.29, 1.82) is 0 Å². The van der Waals surface area contributed by atoms with E-state index in [4.69, 9.17) is 9.47 Å². The normalized spacial score (nSPS) is 15.0. The number of aliphatic hydroxyl groups is 1. The molecule has 0 bridgehead atoms. The highest BCUT2D eigenvalue weighted by molar-refractivity contribution is 6.03. The molecular formula is C24H24N2O5. The fraction of sp³-hybridized carbons (Fsp3) is 0.250. The van der Waals surface area contributed by atoms with Gasteiger partial charge in [0.2, 0.25) is 12.7 Å². The fourth-order valence-corrected chi connectivity index (χ4v) is 3.68. The highest BCUT2D eigenvalue weighted by Crippen LogP contribution is 2.26. The van der Waals surface area contributed by atoms with Crippen LogP contribution in [-0.4, -0.2) is 28.5 Å². The molecule has 2 heterocycles. The number of carbonyl (C=O) groups excluding carboxylic acids is 1. The predicted octanol–water partition coefficient (Wildman–Crippen LogP) is 3.03. The van der Waals surface area contributed by atoms with Crippen LogP contribution in [0.15, 0.2) is 77.6 Å². The van der Waals surface area contributed by atoms with Gasteiger partial charge in [0.15, 0.2) is 0 Å². The minimum Gasteiger partial charge on any atom is -0.462 e. The molecule has 0 radical (unpaired) electrons. The first-order valence-electron chi connectivity index (χ1n) is 10.1. The molecule has 1 aliphatic rings. The van der Waals surface area contributed by atoms with E-state index in [-0.39, 0.29) is 24.8 Å². The molecule has 1 aliphatic heterocycles. The molecule has 0 saturated heterocycles. The van der Waals surface area contributed by atoms with Crippen molar-refractivity contribution < 1.29 is 19.4 Å². The summed E-state index contributed by atoms with van der Waals surface area (Å²) in [6.45, 7) is 1.92. The number of anilines is 1. The van der Waals surface area contributed by atoms with Crippen LogP contribution in [0, 0.1) is 5.92 Å². The monoisotopic (exact) mass is 420 g/mol. The van der Waals surface area contributed by atoms with Crippen LogP contribution in [0.3, 0.4) is 0 Å². The first-order chi connectivity index (χ1) is 15.0. The van der Waals surface area contributed by atoms with Crippen LogP contribution >= 0.6 is 0 Å². The van der Waals surface area contributed by atoms with Crippen molar-refractivity contribution in [3.63, 3.8) is 0 Å². The second-order valence-electron chi connectivity index (χ2n) is 7.57. The fourth-order valence-electron chi connectivity index (χ4n) is 3.68. The van der Waals surface area contributed by atoms with E-state index in [1.807, 2.05) is 30.3 Å². The Morgan fingerprint density at radius 2 is 1.94 bits per heavy atom. The summed E-state index contributed by atoms with van der Waals surface area (Å²) in [5, 5.41) is 13.7. The molecule has 7 nitrogen and oxygen atoms in total. The number of fused-ring (bicyclic) bond motifs is 1. The minimum atomic E-state index is -0.640. The molecule has 1 amide bonds. The average Bonchev–Trinajstić information content (AvgIpc) is 3.29. The summed E-state index contributed by atoms with van der Waals surface area (Å²) in [4.78, 5) is 26.0. The van der Waals surface area contributed by atoms with Gasteiger partial charge in [-0.05, 0) is 37.1 Å². The van der Waals surface area contributed by atoms with Gasteiger partial charge >= 0.3 is 0 Å². The Kier molecular flexibility index (Phi) is 6.04. The lowest BCUT2D eigenvalue weighted by Crippen LogP contribution is -2.27. The molecule has 160 valence electrons. The zero-order chi connectivity index (χ0) is 21.8. The lowest BCUT2D eigenvalue weighted by molar-refractivity contribution is -0.119. The number of hydrogen-bond donors (Lipinski definition) is 2. The first-order valence-corrected chi connectivity index (χ1v) is 10.1. The second-order valence-corrected chi connectivity index (χ2v) is 7.57. The number of nitrogens with one attached hydrogen (secondary N) is 1. The highest BCUT2D eigenvalue weighted by Gasteiger charge is 2.28. The van der Waals surface area contributed by atoms with E-state index in [1.165, 1.54) is 10.8 Å². The van der Waals surface area contributed by atoms with Gasteiger partial charge < -0.3 is 24.5 Å². The maximum Gasteiger partial charge on any atom is 0.258 e. The number of amides is 1. The van der Waals surface area contributed by atoms with Gasteiger partial charge in [0.1, 0.15) is 17.9 Å². The molecule has 0 fully saturated rings. The van der Waals surface area contributed by atoms with Gasteiger partial charge in [0.25, 0.3) is 5.56 Å². The quantitative estimate of drug-likeness (QED) is 0.613. The van der Waals surface area contributed by atoms with Gasteiger partial charge in [-0.15, -0.1) is 0 Å². The minimum absolute atomic E-state index is 0.0883. The summed E-state index contributed by atoms with van der Waals surface area (Å²) in [6, 6.07) is 16.7. The van der Waals surface area contributed by atoms with Gasteiger partial charge in [0.05, 0.1) is 12.6 Å². The van der Waals surface area contributed by atoms with Gasteiger partial charge in [-0.2, -0.15) is 0 Å². The third-order valence-corrected chi connectivity index (χ3v) is 5.17. The number of nitrogens with zero attached hydrogens (tertiary/aromatic N) is 1. The van der Waals surface area contributed by atoms with Gasteiger partial charge in [-0.1, -0.05) is 36.4 Å². The van der Waals surface area contributed by atoms with Gasteiger partial charge in [0, 0.05) is 22.7 Å². The molecule has 1 aromatic heterocycles. The number of ether oxygens (including phenoxy) is 2. The Labute approximate surface area is 179 Å². The molecule has 2 atom stereocenters. The lowest BCUT2D eigenvalue weighted by atomic mass is 9.96. The highest BCUT2D eigenvalue weighted by atomic mass is 16.7. The summed E-state index contributed by atoms with van der Waals surface area (Å²) >= 11 is 0. The zero-order valence-corrected chi connectivity index (χ0v) is 17.2. The smallest absolute Gasteiger partial charge is 0.258 e. The summed E-state index contributed by atoms with van der Waals surface area (Å²) in [7, 11) is 0.